The fraction of sp³-hybridized carbons (Fsp3) is 0.933. The molecule has 0 radical (unpaired) electrons. The summed E-state index contributed by atoms with van der Waals surface area (Å²) in [7, 11) is 0. The second-order valence-electron chi connectivity index (χ2n) is 6.12. The van der Waals surface area contributed by atoms with Crippen molar-refractivity contribution in [3.63, 3.8) is 0 Å². The zero-order valence-corrected chi connectivity index (χ0v) is 11.9. The number of hydrogen-bond donors (Lipinski definition) is 2. The molecule has 3 nitrogen and oxygen atoms in total. The highest BCUT2D eigenvalue weighted by Gasteiger charge is 2.29. The van der Waals surface area contributed by atoms with E-state index in [0.29, 0.717) is 18.0 Å². The van der Waals surface area contributed by atoms with Gasteiger partial charge in [-0.25, -0.2) is 0 Å². The highest BCUT2D eigenvalue weighted by atomic mass is 16.2. The van der Waals surface area contributed by atoms with Gasteiger partial charge in [0.2, 0.25) is 5.91 Å². The molecule has 0 aromatic carbocycles. The Kier molecular flexibility index (Phi) is 5.04. The summed E-state index contributed by atoms with van der Waals surface area (Å²) in [5.74, 6) is 0.940. The van der Waals surface area contributed by atoms with E-state index in [1.165, 1.54) is 44.9 Å². The molecular formula is C15H28N2O. The summed E-state index contributed by atoms with van der Waals surface area (Å²) in [4.78, 5) is 12.3. The largest absolute Gasteiger partial charge is 0.352 e. The topological polar surface area (TPSA) is 41.1 Å². The van der Waals surface area contributed by atoms with Gasteiger partial charge >= 0.3 is 0 Å². The van der Waals surface area contributed by atoms with Crippen LogP contribution < -0.4 is 10.6 Å². The standard InChI is InChI=1S/C15H28N2O/c1-3-12-8-4-5-9-13(12)17-15(18)14-10-6-7-11(2)16-14/h11-14,16H,3-10H2,1-2H3,(H,17,18). The van der Waals surface area contributed by atoms with Crippen molar-refractivity contribution in [2.24, 2.45) is 5.92 Å². The van der Waals surface area contributed by atoms with Gasteiger partial charge in [0.1, 0.15) is 0 Å². The zero-order chi connectivity index (χ0) is 13.0. The zero-order valence-electron chi connectivity index (χ0n) is 11.9. The van der Waals surface area contributed by atoms with Gasteiger partial charge < -0.3 is 10.6 Å². The molecule has 0 aromatic rings. The third-order valence-corrected chi connectivity index (χ3v) is 4.69. The summed E-state index contributed by atoms with van der Waals surface area (Å²) in [6.07, 6.45) is 9.64. The summed E-state index contributed by atoms with van der Waals surface area (Å²) >= 11 is 0. The van der Waals surface area contributed by atoms with Crippen molar-refractivity contribution < 1.29 is 4.79 Å². The van der Waals surface area contributed by atoms with Crippen LogP contribution in [-0.2, 0) is 4.79 Å². The summed E-state index contributed by atoms with van der Waals surface area (Å²) < 4.78 is 0. The van der Waals surface area contributed by atoms with Crippen LogP contribution in [0.2, 0.25) is 0 Å². The minimum absolute atomic E-state index is 0.0492. The van der Waals surface area contributed by atoms with Crippen molar-refractivity contribution >= 4 is 5.91 Å². The lowest BCUT2D eigenvalue weighted by Gasteiger charge is -2.34. The normalized spacial score (nSPS) is 37.2. The molecule has 3 heteroatoms. The van der Waals surface area contributed by atoms with Crippen LogP contribution in [0.5, 0.6) is 0 Å². The third-order valence-electron chi connectivity index (χ3n) is 4.69. The first-order valence-electron chi connectivity index (χ1n) is 7.77. The number of amides is 1. The monoisotopic (exact) mass is 252 g/mol. The number of carbonyl (C=O) groups is 1. The van der Waals surface area contributed by atoms with E-state index in [0.717, 1.165) is 6.42 Å². The minimum Gasteiger partial charge on any atom is -0.352 e. The van der Waals surface area contributed by atoms with Gasteiger partial charge in [0, 0.05) is 12.1 Å². The minimum atomic E-state index is 0.0492. The van der Waals surface area contributed by atoms with Crippen LogP contribution in [-0.4, -0.2) is 24.0 Å². The van der Waals surface area contributed by atoms with Gasteiger partial charge in [0.25, 0.3) is 0 Å². The van der Waals surface area contributed by atoms with Crippen molar-refractivity contribution in [2.75, 3.05) is 0 Å². The van der Waals surface area contributed by atoms with E-state index in [9.17, 15) is 4.79 Å². The molecule has 2 rings (SSSR count). The van der Waals surface area contributed by atoms with Crippen molar-refractivity contribution in [3.05, 3.63) is 0 Å². The molecule has 1 heterocycles. The Morgan fingerprint density at radius 1 is 1.17 bits per heavy atom. The number of rotatable bonds is 3. The number of hydrogen-bond acceptors (Lipinski definition) is 2. The fourth-order valence-corrected chi connectivity index (χ4v) is 3.51. The Bertz CT molecular complexity index is 280. The Hall–Kier alpha value is -0.570. The number of piperidine rings is 1. The van der Waals surface area contributed by atoms with E-state index in [4.69, 9.17) is 0 Å². The molecule has 18 heavy (non-hydrogen) atoms. The average Bonchev–Trinajstić information content (AvgIpc) is 2.39. The van der Waals surface area contributed by atoms with Crippen molar-refractivity contribution in [2.45, 2.75) is 83.3 Å². The van der Waals surface area contributed by atoms with Crippen molar-refractivity contribution in [1.82, 2.24) is 10.6 Å². The molecule has 1 aliphatic carbocycles. The highest BCUT2D eigenvalue weighted by molar-refractivity contribution is 5.82. The molecule has 2 aliphatic rings. The van der Waals surface area contributed by atoms with E-state index in [-0.39, 0.29) is 11.9 Å². The predicted molar refractivity (Wildman–Crippen MR) is 74.4 cm³/mol. The summed E-state index contributed by atoms with van der Waals surface area (Å²) in [6.45, 7) is 4.42. The van der Waals surface area contributed by atoms with Crippen LogP contribution in [0.25, 0.3) is 0 Å². The lowest BCUT2D eigenvalue weighted by molar-refractivity contribution is -0.125. The molecule has 4 unspecified atom stereocenters. The van der Waals surface area contributed by atoms with Crippen LogP contribution in [0.3, 0.4) is 0 Å². The van der Waals surface area contributed by atoms with E-state index < -0.39 is 0 Å². The second-order valence-corrected chi connectivity index (χ2v) is 6.12. The maximum absolute atomic E-state index is 12.3. The van der Waals surface area contributed by atoms with Crippen LogP contribution in [0.4, 0.5) is 0 Å². The molecule has 1 saturated heterocycles. The molecule has 2 N–H and O–H groups in total. The van der Waals surface area contributed by atoms with E-state index in [1.807, 2.05) is 0 Å². The molecule has 1 aliphatic heterocycles. The van der Waals surface area contributed by atoms with Crippen LogP contribution in [0.1, 0.15) is 65.2 Å². The maximum Gasteiger partial charge on any atom is 0.237 e. The third kappa shape index (κ3) is 3.47. The van der Waals surface area contributed by atoms with Crippen LogP contribution >= 0.6 is 0 Å². The molecule has 104 valence electrons. The van der Waals surface area contributed by atoms with Gasteiger partial charge in [-0.15, -0.1) is 0 Å². The lowest BCUT2D eigenvalue weighted by Crippen LogP contribution is -2.53. The summed E-state index contributed by atoms with van der Waals surface area (Å²) in [5.41, 5.74) is 0. The van der Waals surface area contributed by atoms with Crippen molar-refractivity contribution in [1.29, 1.82) is 0 Å². The Morgan fingerprint density at radius 2 is 1.94 bits per heavy atom. The molecule has 0 spiro atoms. The van der Waals surface area contributed by atoms with Gasteiger partial charge in [-0.3, -0.25) is 4.79 Å². The lowest BCUT2D eigenvalue weighted by atomic mass is 9.82. The Labute approximate surface area is 111 Å². The summed E-state index contributed by atoms with van der Waals surface area (Å²) in [5, 5.41) is 6.74. The molecule has 0 aromatic heterocycles. The number of nitrogens with one attached hydrogen (secondary N) is 2. The molecule has 2 fully saturated rings. The fourth-order valence-electron chi connectivity index (χ4n) is 3.51. The predicted octanol–water partition coefficient (Wildman–Crippen LogP) is 2.60. The summed E-state index contributed by atoms with van der Waals surface area (Å²) in [6, 6.07) is 0.964. The average molecular weight is 252 g/mol. The van der Waals surface area contributed by atoms with E-state index in [2.05, 4.69) is 24.5 Å². The van der Waals surface area contributed by atoms with E-state index in [1.54, 1.807) is 0 Å². The van der Waals surface area contributed by atoms with Gasteiger partial charge in [-0.2, -0.15) is 0 Å². The van der Waals surface area contributed by atoms with E-state index >= 15 is 0 Å². The molecule has 4 atom stereocenters. The quantitative estimate of drug-likeness (QED) is 0.810. The molecule has 1 amide bonds. The molecule has 0 bridgehead atoms. The molecular weight excluding hydrogens is 224 g/mol. The van der Waals surface area contributed by atoms with Crippen molar-refractivity contribution in [3.8, 4) is 0 Å². The highest BCUT2D eigenvalue weighted by Crippen LogP contribution is 2.27. The van der Waals surface area contributed by atoms with Gasteiger partial charge in [-0.1, -0.05) is 26.2 Å². The second kappa shape index (κ2) is 6.55. The maximum atomic E-state index is 12.3. The number of carbonyl (C=O) groups excluding carboxylic acids is 1. The first-order chi connectivity index (χ1) is 8.70. The SMILES string of the molecule is CCC1CCCCC1NC(=O)C1CCCC(C)N1. The van der Waals surface area contributed by atoms with Gasteiger partial charge in [0.15, 0.2) is 0 Å². The Morgan fingerprint density at radius 3 is 2.67 bits per heavy atom. The Balaban J connectivity index is 1.85. The van der Waals surface area contributed by atoms with Crippen LogP contribution in [0, 0.1) is 5.92 Å². The first-order valence-corrected chi connectivity index (χ1v) is 7.77. The first kappa shape index (κ1) is 13.9. The van der Waals surface area contributed by atoms with Crippen LogP contribution in [0.15, 0.2) is 0 Å². The van der Waals surface area contributed by atoms with Gasteiger partial charge in [-0.05, 0) is 44.9 Å². The smallest absolute Gasteiger partial charge is 0.237 e. The van der Waals surface area contributed by atoms with Gasteiger partial charge in [0.05, 0.1) is 6.04 Å². The molecule has 1 saturated carbocycles.